The number of fused-ring (bicyclic) bond motifs is 1. The molecule has 0 aliphatic carbocycles. The second kappa shape index (κ2) is 11.8. The Kier molecular flexibility index (Phi) is 9.59. The standard InChI is InChI=1S/C21H37FN6O6S2Si/c1-11(2)37(12(3)4,13(5)6)34-17-14(9-32-36(24,30)31)33-21(16(17)22)28-19-15(18(23)25-10-26-19)20(27-28)35-8-7-29/h10-14,16-17,21,29H,7-9H2,1-6H3,(H2,23,25,26)(H2,24,30,31)/t14-,16+,17-,21-/m1/s1. The predicted molar refractivity (Wildman–Crippen MR) is 141 cm³/mol. The smallest absolute Gasteiger partial charge is 0.333 e. The van der Waals surface area contributed by atoms with Gasteiger partial charge in [0.1, 0.15) is 29.4 Å². The fourth-order valence-corrected chi connectivity index (χ4v) is 12.0. The number of aromatic nitrogens is 4. The molecular weight excluding hydrogens is 543 g/mol. The van der Waals surface area contributed by atoms with Gasteiger partial charge in [-0.05, 0) is 16.6 Å². The largest absolute Gasteiger partial charge is 0.407 e. The van der Waals surface area contributed by atoms with Crippen LogP contribution in [-0.2, 0) is 23.7 Å². The van der Waals surface area contributed by atoms with E-state index in [4.69, 9.17) is 24.2 Å². The molecule has 0 radical (unpaired) electrons. The van der Waals surface area contributed by atoms with Crippen molar-refractivity contribution >= 4 is 47.2 Å². The number of hydrogen-bond donors (Lipinski definition) is 3. The molecule has 1 saturated heterocycles. The molecule has 0 aromatic carbocycles. The summed E-state index contributed by atoms with van der Waals surface area (Å²) in [5.41, 5.74) is 6.73. The molecule has 3 rings (SSSR count). The fourth-order valence-electron chi connectivity index (χ4n) is 5.36. The number of aliphatic hydroxyl groups excluding tert-OH is 1. The van der Waals surface area contributed by atoms with Crippen LogP contribution in [0.4, 0.5) is 10.2 Å². The Labute approximate surface area is 222 Å². The van der Waals surface area contributed by atoms with Crippen molar-refractivity contribution in [3.8, 4) is 0 Å². The zero-order chi connectivity index (χ0) is 27.7. The van der Waals surface area contributed by atoms with Gasteiger partial charge in [-0.1, -0.05) is 41.5 Å². The molecule has 0 spiro atoms. The number of alkyl halides is 1. The monoisotopic (exact) mass is 580 g/mol. The molecule has 1 aliphatic rings. The average Bonchev–Trinajstić information content (AvgIpc) is 3.31. The summed E-state index contributed by atoms with van der Waals surface area (Å²) in [6.07, 6.45) is -4.04. The highest BCUT2D eigenvalue weighted by atomic mass is 32.2. The fraction of sp³-hybridized carbons (Fsp3) is 0.762. The summed E-state index contributed by atoms with van der Waals surface area (Å²) >= 11 is 1.22. The minimum absolute atomic E-state index is 0.104. The van der Waals surface area contributed by atoms with E-state index in [1.54, 1.807) is 0 Å². The number of halogens is 1. The van der Waals surface area contributed by atoms with E-state index in [1.165, 1.54) is 22.8 Å². The summed E-state index contributed by atoms with van der Waals surface area (Å²) in [7, 11) is -6.93. The number of hydrogen-bond acceptors (Lipinski definition) is 11. The maximum Gasteiger partial charge on any atom is 0.333 e. The summed E-state index contributed by atoms with van der Waals surface area (Å²) in [5, 5.41) is 19.6. The molecule has 16 heteroatoms. The lowest BCUT2D eigenvalue weighted by Gasteiger charge is -2.44. The molecule has 2 aromatic heterocycles. The van der Waals surface area contributed by atoms with Gasteiger partial charge in [0.2, 0.25) is 8.32 Å². The van der Waals surface area contributed by atoms with Crippen LogP contribution in [0.1, 0.15) is 47.8 Å². The second-order valence-corrected chi connectivity index (χ2v) is 17.7. The molecule has 1 aliphatic heterocycles. The van der Waals surface area contributed by atoms with E-state index in [0.717, 1.165) is 0 Å². The molecule has 5 N–H and O–H groups in total. The van der Waals surface area contributed by atoms with Gasteiger partial charge in [-0.25, -0.2) is 24.2 Å². The van der Waals surface area contributed by atoms with Crippen molar-refractivity contribution in [2.45, 2.75) is 87.8 Å². The summed E-state index contributed by atoms with van der Waals surface area (Å²) in [4.78, 5) is 8.26. The predicted octanol–water partition coefficient (Wildman–Crippen LogP) is 2.51. The van der Waals surface area contributed by atoms with Crippen LogP contribution < -0.4 is 10.9 Å². The number of rotatable bonds is 12. The van der Waals surface area contributed by atoms with E-state index in [2.05, 4.69) is 56.6 Å². The molecule has 0 unspecified atom stereocenters. The van der Waals surface area contributed by atoms with Gasteiger partial charge in [0.15, 0.2) is 18.0 Å². The van der Waals surface area contributed by atoms with E-state index in [1.807, 2.05) is 0 Å². The zero-order valence-electron chi connectivity index (χ0n) is 21.9. The van der Waals surface area contributed by atoms with Crippen molar-refractivity contribution in [2.24, 2.45) is 5.14 Å². The van der Waals surface area contributed by atoms with Gasteiger partial charge in [-0.3, -0.25) is 4.18 Å². The van der Waals surface area contributed by atoms with E-state index < -0.39 is 49.8 Å². The molecule has 210 valence electrons. The van der Waals surface area contributed by atoms with Crippen molar-refractivity contribution in [1.82, 2.24) is 19.7 Å². The number of aliphatic hydroxyl groups is 1. The van der Waals surface area contributed by atoms with Gasteiger partial charge in [0, 0.05) is 5.75 Å². The van der Waals surface area contributed by atoms with Crippen molar-refractivity contribution < 1.29 is 31.3 Å². The third-order valence-electron chi connectivity index (χ3n) is 6.77. The summed E-state index contributed by atoms with van der Waals surface area (Å²) in [6.45, 7) is 11.8. The van der Waals surface area contributed by atoms with Gasteiger partial charge in [0.25, 0.3) is 0 Å². The first-order chi connectivity index (χ1) is 17.2. The molecule has 0 bridgehead atoms. The van der Waals surface area contributed by atoms with Crippen LogP contribution in [0.5, 0.6) is 0 Å². The number of nitrogens with two attached hydrogens (primary N) is 2. The molecular formula is C21H37FN6O6S2Si. The molecule has 37 heavy (non-hydrogen) atoms. The van der Waals surface area contributed by atoms with Gasteiger partial charge in [0.05, 0.1) is 18.6 Å². The number of nitrogen functional groups attached to an aromatic ring is 1. The zero-order valence-corrected chi connectivity index (χ0v) is 24.5. The molecule has 2 aromatic rings. The van der Waals surface area contributed by atoms with Crippen molar-refractivity contribution in [3.05, 3.63) is 6.33 Å². The van der Waals surface area contributed by atoms with Crippen LogP contribution in [0.15, 0.2) is 11.4 Å². The van der Waals surface area contributed by atoms with Crippen LogP contribution in [0, 0.1) is 0 Å². The highest BCUT2D eigenvalue weighted by molar-refractivity contribution is 7.99. The lowest BCUT2D eigenvalue weighted by molar-refractivity contribution is -0.0448. The van der Waals surface area contributed by atoms with Crippen LogP contribution in [0.25, 0.3) is 11.0 Å². The molecule has 3 heterocycles. The first kappa shape index (κ1) is 30.1. The third-order valence-corrected chi connectivity index (χ3v) is 14.3. The van der Waals surface area contributed by atoms with Gasteiger partial charge in [-0.15, -0.1) is 11.8 Å². The van der Waals surface area contributed by atoms with Crippen LogP contribution in [0.3, 0.4) is 0 Å². The maximum absolute atomic E-state index is 16.4. The quantitative estimate of drug-likeness (QED) is 0.248. The number of anilines is 1. The molecule has 1 fully saturated rings. The van der Waals surface area contributed by atoms with Gasteiger partial charge < -0.3 is 20.0 Å². The Hall–Kier alpha value is -1.40. The van der Waals surface area contributed by atoms with E-state index in [-0.39, 0.29) is 34.7 Å². The Morgan fingerprint density at radius 1 is 1.22 bits per heavy atom. The first-order valence-electron chi connectivity index (χ1n) is 12.1. The van der Waals surface area contributed by atoms with Crippen LogP contribution in [0.2, 0.25) is 16.6 Å². The van der Waals surface area contributed by atoms with E-state index >= 15 is 4.39 Å². The number of thioether (sulfide) groups is 1. The summed E-state index contributed by atoms with van der Waals surface area (Å²) < 4.78 is 58.3. The molecule has 4 atom stereocenters. The minimum Gasteiger partial charge on any atom is -0.407 e. The minimum atomic E-state index is -4.31. The van der Waals surface area contributed by atoms with E-state index in [0.29, 0.717) is 16.2 Å². The Morgan fingerprint density at radius 3 is 2.38 bits per heavy atom. The lowest BCUT2D eigenvalue weighted by Crippen LogP contribution is -2.53. The topological polar surface area (TPSA) is 178 Å². The van der Waals surface area contributed by atoms with Crippen molar-refractivity contribution in [3.63, 3.8) is 0 Å². The highest BCUT2D eigenvalue weighted by Crippen LogP contribution is 2.47. The Morgan fingerprint density at radius 2 is 1.84 bits per heavy atom. The normalized spacial score (nSPS) is 23.2. The summed E-state index contributed by atoms with van der Waals surface area (Å²) in [5.74, 6) is 0.477. The Bertz CT molecular complexity index is 1160. The molecule has 0 saturated carbocycles. The SMILES string of the molecule is CC(C)[Si](O[C@H]1[C@H](F)[C@H](n2nc(SCCO)c3c(N)ncnc32)O[C@@H]1COS(N)(=O)=O)(C(C)C)C(C)C. The maximum atomic E-state index is 16.4. The van der Waals surface area contributed by atoms with E-state index in [9.17, 15) is 13.5 Å². The number of ether oxygens (including phenoxy) is 1. The molecule has 12 nitrogen and oxygen atoms in total. The first-order valence-corrected chi connectivity index (χ1v) is 16.7. The van der Waals surface area contributed by atoms with Crippen molar-refractivity contribution in [2.75, 3.05) is 24.7 Å². The summed E-state index contributed by atoms with van der Waals surface area (Å²) in [6, 6.07) is 0. The van der Waals surface area contributed by atoms with Gasteiger partial charge in [-0.2, -0.15) is 13.5 Å². The average molecular weight is 581 g/mol. The Balaban J connectivity index is 2.08. The lowest BCUT2D eigenvalue weighted by atomic mass is 10.1. The van der Waals surface area contributed by atoms with Crippen LogP contribution >= 0.6 is 11.8 Å². The highest BCUT2D eigenvalue weighted by Gasteiger charge is 2.55. The number of nitrogens with zero attached hydrogens (tertiary/aromatic N) is 4. The van der Waals surface area contributed by atoms with Gasteiger partial charge >= 0.3 is 10.3 Å². The third kappa shape index (κ3) is 6.11. The second-order valence-electron chi connectivity index (χ2n) is 9.97. The van der Waals surface area contributed by atoms with Crippen LogP contribution in [-0.4, -0.2) is 78.9 Å². The molecule has 0 amide bonds. The van der Waals surface area contributed by atoms with Crippen molar-refractivity contribution in [1.29, 1.82) is 0 Å².